The van der Waals surface area contributed by atoms with E-state index < -0.39 is 5.54 Å². The van der Waals surface area contributed by atoms with E-state index in [4.69, 9.17) is 15.9 Å². The molecule has 8 nitrogen and oxygen atoms in total. The van der Waals surface area contributed by atoms with Crippen molar-refractivity contribution in [2.24, 2.45) is 5.73 Å². The molecule has 0 unspecified atom stereocenters. The second-order valence-electron chi connectivity index (χ2n) is 7.58. The van der Waals surface area contributed by atoms with E-state index in [-0.39, 0.29) is 30.2 Å². The van der Waals surface area contributed by atoms with Crippen LogP contribution in [0.3, 0.4) is 0 Å². The zero-order valence-electron chi connectivity index (χ0n) is 17.0. The molecule has 0 spiro atoms. The third-order valence-electron chi connectivity index (χ3n) is 4.58. The molecule has 0 saturated heterocycles. The molecule has 3 rings (SSSR count). The Morgan fingerprint density at radius 1 is 1.30 bits per heavy atom. The number of aromatic hydroxyl groups is 1. The monoisotopic (exact) mass is 407 g/mol. The Bertz CT molecular complexity index is 1080. The molecular formula is C22H25N5O3. The summed E-state index contributed by atoms with van der Waals surface area (Å²) in [6.45, 7) is 3.90. The van der Waals surface area contributed by atoms with Crippen LogP contribution in [-0.4, -0.2) is 43.8 Å². The van der Waals surface area contributed by atoms with E-state index >= 15 is 0 Å². The average molecular weight is 407 g/mol. The van der Waals surface area contributed by atoms with Crippen LogP contribution >= 0.6 is 0 Å². The number of ether oxygens (including phenoxy) is 1. The van der Waals surface area contributed by atoms with Gasteiger partial charge in [0.25, 0.3) is 0 Å². The van der Waals surface area contributed by atoms with Crippen molar-refractivity contribution in [3.8, 4) is 5.75 Å². The second kappa shape index (κ2) is 8.98. The molecule has 1 aromatic carbocycles. The first-order valence-electron chi connectivity index (χ1n) is 9.51. The van der Waals surface area contributed by atoms with Crippen LogP contribution in [0.5, 0.6) is 5.75 Å². The van der Waals surface area contributed by atoms with Gasteiger partial charge >= 0.3 is 0 Å². The molecule has 0 radical (unpaired) electrons. The van der Waals surface area contributed by atoms with E-state index in [2.05, 4.69) is 10.2 Å². The minimum atomic E-state index is -0.953. The molecule has 30 heavy (non-hydrogen) atoms. The van der Waals surface area contributed by atoms with Gasteiger partial charge in [0.05, 0.1) is 18.8 Å². The third-order valence-corrected chi connectivity index (χ3v) is 4.58. The van der Waals surface area contributed by atoms with Gasteiger partial charge in [0.2, 0.25) is 5.65 Å². The fourth-order valence-corrected chi connectivity index (χ4v) is 2.84. The summed E-state index contributed by atoms with van der Waals surface area (Å²) in [5.74, 6) is 0.220. The van der Waals surface area contributed by atoms with Crippen molar-refractivity contribution in [2.75, 3.05) is 6.61 Å². The van der Waals surface area contributed by atoms with Crippen molar-refractivity contribution in [3.05, 3.63) is 65.6 Å². The highest BCUT2D eigenvalue weighted by Gasteiger charge is 2.21. The number of pyridine rings is 1. The number of Topliss-reactive ketones (excluding diaryl/α,β-unsaturated/α-hetero) is 1. The minimum Gasteiger partial charge on any atom is -0.504 e. The number of fused-ring (bicyclic) bond motifs is 1. The van der Waals surface area contributed by atoms with Crippen molar-refractivity contribution in [2.45, 2.75) is 32.4 Å². The molecule has 0 aliphatic rings. The molecule has 0 saturated carbocycles. The molecule has 0 atom stereocenters. The fraction of sp³-hybridized carbons (Fsp3) is 0.273. The number of hydrogen-bond acceptors (Lipinski definition) is 7. The van der Waals surface area contributed by atoms with Crippen LogP contribution < -0.4 is 5.73 Å². The van der Waals surface area contributed by atoms with Crippen LogP contribution in [0.2, 0.25) is 0 Å². The summed E-state index contributed by atoms with van der Waals surface area (Å²) in [5, 5.41) is 25.9. The molecule has 0 aliphatic carbocycles. The maximum atomic E-state index is 12.3. The van der Waals surface area contributed by atoms with Crippen molar-refractivity contribution >= 4 is 23.2 Å². The lowest BCUT2D eigenvalue weighted by Crippen LogP contribution is -2.41. The van der Waals surface area contributed by atoms with E-state index in [0.29, 0.717) is 23.6 Å². The molecule has 0 fully saturated rings. The lowest BCUT2D eigenvalue weighted by atomic mass is 9.97. The molecule has 8 heteroatoms. The van der Waals surface area contributed by atoms with Crippen molar-refractivity contribution < 1.29 is 14.6 Å². The number of allylic oxidation sites excluding steroid dienone is 1. The van der Waals surface area contributed by atoms with Gasteiger partial charge in [0.1, 0.15) is 0 Å². The fourth-order valence-electron chi connectivity index (χ4n) is 2.84. The largest absolute Gasteiger partial charge is 0.504 e. The summed E-state index contributed by atoms with van der Waals surface area (Å²) >= 11 is 0. The number of rotatable bonds is 9. The molecule has 4 N–H and O–H groups in total. The van der Waals surface area contributed by atoms with Crippen LogP contribution in [0.4, 0.5) is 0 Å². The molecule has 2 heterocycles. The summed E-state index contributed by atoms with van der Waals surface area (Å²) in [6, 6.07) is 11.2. The zero-order chi connectivity index (χ0) is 21.7. The number of nitrogens with two attached hydrogens (primary N) is 1. The van der Waals surface area contributed by atoms with Crippen molar-refractivity contribution in [1.29, 1.82) is 5.41 Å². The summed E-state index contributed by atoms with van der Waals surface area (Å²) in [7, 11) is 0. The van der Waals surface area contributed by atoms with Gasteiger partial charge in [-0.25, -0.2) is 0 Å². The lowest BCUT2D eigenvalue weighted by molar-refractivity contribution is -0.122. The predicted molar refractivity (Wildman–Crippen MR) is 115 cm³/mol. The first-order valence-corrected chi connectivity index (χ1v) is 9.51. The highest BCUT2D eigenvalue weighted by atomic mass is 16.5. The number of carbonyl (C=O) groups is 1. The van der Waals surface area contributed by atoms with Crippen LogP contribution in [0.1, 0.15) is 37.2 Å². The minimum absolute atomic E-state index is 0.0847. The number of ketones is 1. The highest BCUT2D eigenvalue weighted by Crippen LogP contribution is 2.23. The Balaban J connectivity index is 1.92. The SMILES string of the molecule is CC(C)(N)C(=O)C/C=C(/COCc1ccccc1)c1nnc2c(O)cc(C=N)cn12. The van der Waals surface area contributed by atoms with E-state index in [0.717, 1.165) is 11.8 Å². The van der Waals surface area contributed by atoms with Crippen LogP contribution in [0.25, 0.3) is 11.2 Å². The summed E-state index contributed by atoms with van der Waals surface area (Å²) in [5.41, 5.74) is 7.36. The number of benzene rings is 1. The standard InChI is InChI=1S/C22H25N5O3/c1-22(2,24)19(29)9-8-17(14-30-13-15-6-4-3-5-7-15)20-25-26-21-18(28)10-16(11-23)12-27(20)21/h3-8,10-12,23,28H,9,13-14,24H2,1-2H3/b17-8-,23-11?. The van der Waals surface area contributed by atoms with Gasteiger partial charge in [-0.1, -0.05) is 36.4 Å². The van der Waals surface area contributed by atoms with Crippen molar-refractivity contribution in [3.63, 3.8) is 0 Å². The number of nitrogens with zero attached hydrogens (tertiary/aromatic N) is 3. The van der Waals surface area contributed by atoms with E-state index in [9.17, 15) is 9.90 Å². The van der Waals surface area contributed by atoms with Gasteiger partial charge in [-0.05, 0) is 25.5 Å². The Morgan fingerprint density at radius 2 is 2.03 bits per heavy atom. The molecule has 2 aromatic heterocycles. The van der Waals surface area contributed by atoms with E-state index in [1.807, 2.05) is 30.3 Å². The zero-order valence-corrected chi connectivity index (χ0v) is 17.0. The molecule has 0 aliphatic heterocycles. The van der Waals surface area contributed by atoms with Crippen LogP contribution in [-0.2, 0) is 16.1 Å². The Morgan fingerprint density at radius 3 is 2.70 bits per heavy atom. The number of aromatic nitrogens is 3. The molecule has 0 bridgehead atoms. The smallest absolute Gasteiger partial charge is 0.203 e. The van der Waals surface area contributed by atoms with E-state index in [1.54, 1.807) is 30.5 Å². The first kappa shape index (κ1) is 21.4. The maximum absolute atomic E-state index is 12.3. The van der Waals surface area contributed by atoms with Crippen LogP contribution in [0.15, 0.2) is 48.7 Å². The molecule has 156 valence electrons. The third kappa shape index (κ3) is 4.97. The first-order chi connectivity index (χ1) is 14.3. The van der Waals surface area contributed by atoms with Gasteiger partial charge in [-0.3, -0.25) is 9.20 Å². The van der Waals surface area contributed by atoms with Gasteiger partial charge in [-0.15, -0.1) is 10.2 Å². The van der Waals surface area contributed by atoms with Gasteiger partial charge in [-0.2, -0.15) is 0 Å². The quantitative estimate of drug-likeness (QED) is 0.468. The topological polar surface area (TPSA) is 127 Å². The summed E-state index contributed by atoms with van der Waals surface area (Å²) < 4.78 is 7.45. The van der Waals surface area contributed by atoms with Crippen molar-refractivity contribution in [1.82, 2.24) is 14.6 Å². The number of carbonyl (C=O) groups excluding carboxylic acids is 1. The summed E-state index contributed by atoms with van der Waals surface area (Å²) in [4.78, 5) is 12.3. The normalized spacial score (nSPS) is 12.3. The lowest BCUT2D eigenvalue weighted by Gasteiger charge is -2.16. The number of nitrogens with one attached hydrogen (secondary N) is 1. The van der Waals surface area contributed by atoms with E-state index in [1.165, 1.54) is 6.07 Å². The van der Waals surface area contributed by atoms with Gasteiger partial charge < -0.3 is 21.0 Å². The molecule has 0 amide bonds. The highest BCUT2D eigenvalue weighted by molar-refractivity contribution is 5.89. The van der Waals surface area contributed by atoms with Crippen LogP contribution in [0, 0.1) is 5.41 Å². The Hall–Kier alpha value is -3.36. The molecular weight excluding hydrogens is 382 g/mol. The van der Waals surface area contributed by atoms with Gasteiger partial charge in [0.15, 0.2) is 17.4 Å². The number of hydrogen-bond donors (Lipinski definition) is 3. The summed E-state index contributed by atoms with van der Waals surface area (Å²) in [6.07, 6.45) is 4.61. The maximum Gasteiger partial charge on any atom is 0.203 e. The molecule has 3 aromatic rings. The Kier molecular flexibility index (Phi) is 6.39. The average Bonchev–Trinajstić information content (AvgIpc) is 3.14. The Labute approximate surface area is 174 Å². The second-order valence-corrected chi connectivity index (χ2v) is 7.58. The predicted octanol–water partition coefficient (Wildman–Crippen LogP) is 2.73. The van der Waals surface area contributed by atoms with Gasteiger partial charge in [0, 0.05) is 30.0 Å².